The highest BCUT2D eigenvalue weighted by molar-refractivity contribution is 7.89. The molecule has 0 unspecified atom stereocenters. The van der Waals surface area contributed by atoms with Crippen molar-refractivity contribution >= 4 is 32.5 Å². The Morgan fingerprint density at radius 1 is 1.07 bits per heavy atom. The molecule has 0 N–H and O–H groups in total. The summed E-state index contributed by atoms with van der Waals surface area (Å²) in [5.41, 5.74) is 3.99. The number of ether oxygens (including phenoxy) is 2. The number of fused-ring (bicyclic) bond motifs is 1. The average molecular weight is 613 g/mol. The molecule has 0 aliphatic carbocycles. The van der Waals surface area contributed by atoms with Gasteiger partial charge in [-0.25, -0.2) is 22.8 Å². The summed E-state index contributed by atoms with van der Waals surface area (Å²) >= 11 is 5.85. The number of sulfone groups is 1. The molecule has 222 valence electrons. The molecule has 4 heterocycles. The fraction of sp³-hybridized carbons (Fsp3) is 0.419. The minimum absolute atomic E-state index is 0.00265. The number of aromatic nitrogens is 3. The summed E-state index contributed by atoms with van der Waals surface area (Å²) in [5.74, 6) is 1.36. The molecule has 4 aromatic rings. The molecule has 0 saturated carbocycles. The van der Waals surface area contributed by atoms with E-state index in [1.807, 2.05) is 30.3 Å². The normalized spacial score (nSPS) is 18.3. The van der Waals surface area contributed by atoms with E-state index >= 15 is 0 Å². The highest BCUT2D eigenvalue weighted by Gasteiger charge is 2.26. The third kappa shape index (κ3) is 6.94. The van der Waals surface area contributed by atoms with Crippen molar-refractivity contribution in [1.29, 1.82) is 0 Å². The molecule has 0 bridgehead atoms. The zero-order valence-electron chi connectivity index (χ0n) is 23.5. The molecule has 1 atom stereocenters. The summed E-state index contributed by atoms with van der Waals surface area (Å²) in [5, 5.41) is 0.353. The second kappa shape index (κ2) is 12.3. The number of hydrogen-bond acceptors (Lipinski definition) is 7. The standard InChI is InChI=1S/C31H34ClFN4O4S/c1-42(38,39)20-21-5-8-29-28(15-21)34-30(37(29)17-25-11-14-40-25)18-36-12-9-22(10-13-36)27-3-2-4-31(35-27)41-19-23-6-7-24(32)16-26(23)33/h2-8,15-16,22,25H,9-14,17-20H2,1H3/t25-/m0/s1. The Balaban J connectivity index is 1.11. The fourth-order valence-corrected chi connectivity index (χ4v) is 6.63. The molecule has 0 radical (unpaired) electrons. The van der Waals surface area contributed by atoms with Gasteiger partial charge in [0.25, 0.3) is 0 Å². The quantitative estimate of drug-likeness (QED) is 0.233. The lowest BCUT2D eigenvalue weighted by molar-refractivity contribution is -0.0592. The number of pyridine rings is 1. The van der Waals surface area contributed by atoms with Crippen LogP contribution in [0.2, 0.25) is 5.02 Å². The van der Waals surface area contributed by atoms with Gasteiger partial charge in [0, 0.05) is 41.1 Å². The minimum atomic E-state index is -3.13. The summed E-state index contributed by atoms with van der Waals surface area (Å²) in [6.45, 7) is 4.12. The number of halogens is 2. The molecule has 0 spiro atoms. The van der Waals surface area contributed by atoms with Crippen LogP contribution in [0.3, 0.4) is 0 Å². The van der Waals surface area contributed by atoms with E-state index in [2.05, 4.69) is 9.47 Å². The number of rotatable bonds is 10. The van der Waals surface area contributed by atoms with Gasteiger partial charge in [-0.3, -0.25) is 4.90 Å². The predicted molar refractivity (Wildman–Crippen MR) is 160 cm³/mol. The largest absolute Gasteiger partial charge is 0.473 e. The van der Waals surface area contributed by atoms with Crippen LogP contribution < -0.4 is 4.74 Å². The summed E-state index contributed by atoms with van der Waals surface area (Å²) in [4.78, 5) is 12.1. The Labute approximate surface area is 250 Å². The SMILES string of the molecule is CS(=O)(=O)Cc1ccc2c(c1)nc(CN1CCC(c3cccc(OCc4ccc(Cl)cc4F)n3)CC1)n2C[C@@H]1CCO1. The maximum absolute atomic E-state index is 14.1. The van der Waals surface area contributed by atoms with Gasteiger partial charge < -0.3 is 14.0 Å². The molecular weight excluding hydrogens is 579 g/mol. The van der Waals surface area contributed by atoms with E-state index in [1.54, 1.807) is 18.2 Å². The summed E-state index contributed by atoms with van der Waals surface area (Å²) in [7, 11) is -3.13. The van der Waals surface area contributed by atoms with Crippen LogP contribution >= 0.6 is 11.6 Å². The van der Waals surface area contributed by atoms with Crippen LogP contribution in [0.15, 0.2) is 54.6 Å². The van der Waals surface area contributed by atoms with E-state index in [9.17, 15) is 12.8 Å². The Kier molecular flexibility index (Phi) is 8.49. The van der Waals surface area contributed by atoms with Gasteiger partial charge in [-0.15, -0.1) is 0 Å². The summed E-state index contributed by atoms with van der Waals surface area (Å²) < 4.78 is 51.6. The zero-order valence-corrected chi connectivity index (χ0v) is 25.1. The second-order valence-electron chi connectivity index (χ2n) is 11.3. The van der Waals surface area contributed by atoms with Gasteiger partial charge in [0.15, 0.2) is 9.84 Å². The van der Waals surface area contributed by atoms with Gasteiger partial charge in [0.1, 0.15) is 18.2 Å². The fourth-order valence-electron chi connectivity index (χ4n) is 5.69. The number of piperidine rings is 1. The molecule has 6 rings (SSSR count). The van der Waals surface area contributed by atoms with Crippen molar-refractivity contribution in [1.82, 2.24) is 19.4 Å². The number of nitrogens with zero attached hydrogens (tertiary/aromatic N) is 4. The Bertz CT molecular complexity index is 1680. The monoisotopic (exact) mass is 612 g/mol. The first kappa shape index (κ1) is 29.0. The van der Waals surface area contributed by atoms with Crippen LogP contribution in [0.1, 0.15) is 47.8 Å². The van der Waals surface area contributed by atoms with E-state index in [0.29, 0.717) is 28.9 Å². The summed E-state index contributed by atoms with van der Waals surface area (Å²) in [6.07, 6.45) is 4.36. The van der Waals surface area contributed by atoms with Gasteiger partial charge in [-0.2, -0.15) is 0 Å². The molecule has 0 amide bonds. The first-order valence-electron chi connectivity index (χ1n) is 14.2. The molecule has 2 aliphatic rings. The van der Waals surface area contributed by atoms with E-state index in [1.165, 1.54) is 12.3 Å². The van der Waals surface area contributed by atoms with Crippen LogP contribution in [0, 0.1) is 5.82 Å². The van der Waals surface area contributed by atoms with Crippen molar-refractivity contribution in [2.45, 2.75) is 56.7 Å². The minimum Gasteiger partial charge on any atom is -0.473 e. The van der Waals surface area contributed by atoms with Crippen molar-refractivity contribution in [2.24, 2.45) is 0 Å². The highest BCUT2D eigenvalue weighted by Crippen LogP contribution is 2.30. The second-order valence-corrected chi connectivity index (χ2v) is 13.9. The molecule has 42 heavy (non-hydrogen) atoms. The van der Waals surface area contributed by atoms with E-state index in [-0.39, 0.29) is 18.5 Å². The molecule has 2 aromatic carbocycles. The molecule has 2 aliphatic heterocycles. The topological polar surface area (TPSA) is 86.5 Å². The lowest BCUT2D eigenvalue weighted by atomic mass is 9.93. The maximum atomic E-state index is 14.1. The molecule has 11 heteroatoms. The molecule has 8 nitrogen and oxygen atoms in total. The van der Waals surface area contributed by atoms with Gasteiger partial charge in [0.2, 0.25) is 5.88 Å². The summed E-state index contributed by atoms with van der Waals surface area (Å²) in [6, 6.07) is 16.1. The molecule has 2 fully saturated rings. The van der Waals surface area contributed by atoms with Crippen molar-refractivity contribution in [3.63, 3.8) is 0 Å². The molecule has 2 saturated heterocycles. The van der Waals surface area contributed by atoms with Crippen LogP contribution in [0.25, 0.3) is 11.0 Å². The Morgan fingerprint density at radius 3 is 2.60 bits per heavy atom. The average Bonchev–Trinajstić information content (AvgIpc) is 3.25. The third-order valence-corrected chi connectivity index (χ3v) is 9.10. The lowest BCUT2D eigenvalue weighted by Gasteiger charge is -2.32. The first-order chi connectivity index (χ1) is 20.2. The van der Waals surface area contributed by atoms with Crippen LogP contribution in [0.5, 0.6) is 5.88 Å². The molecular formula is C31H34ClFN4O4S. The van der Waals surface area contributed by atoms with Crippen molar-refractivity contribution in [3.05, 3.63) is 88.1 Å². The van der Waals surface area contributed by atoms with Crippen LogP contribution in [0.4, 0.5) is 4.39 Å². The van der Waals surface area contributed by atoms with E-state index in [4.69, 9.17) is 31.0 Å². The van der Waals surface area contributed by atoms with Crippen LogP contribution in [-0.4, -0.2) is 59.9 Å². The number of benzene rings is 2. The smallest absolute Gasteiger partial charge is 0.213 e. The Morgan fingerprint density at radius 2 is 1.88 bits per heavy atom. The van der Waals surface area contributed by atoms with E-state index < -0.39 is 15.7 Å². The Hall–Kier alpha value is -3.05. The number of likely N-dealkylation sites (tertiary alicyclic amines) is 1. The molecule has 2 aromatic heterocycles. The van der Waals surface area contributed by atoms with Gasteiger partial charge >= 0.3 is 0 Å². The van der Waals surface area contributed by atoms with Crippen LogP contribution in [-0.2, 0) is 40.0 Å². The lowest BCUT2D eigenvalue weighted by Crippen LogP contribution is -2.35. The zero-order chi connectivity index (χ0) is 29.3. The maximum Gasteiger partial charge on any atom is 0.213 e. The van der Waals surface area contributed by atoms with Crippen molar-refractivity contribution < 1.29 is 22.3 Å². The predicted octanol–water partition coefficient (Wildman–Crippen LogP) is 5.52. The number of hydrogen-bond donors (Lipinski definition) is 0. The number of imidazole rings is 1. The van der Waals surface area contributed by atoms with Gasteiger partial charge in [-0.05, 0) is 68.2 Å². The van der Waals surface area contributed by atoms with Gasteiger partial charge in [-0.1, -0.05) is 29.8 Å². The van der Waals surface area contributed by atoms with Gasteiger partial charge in [0.05, 0.1) is 36.0 Å². The third-order valence-electron chi connectivity index (χ3n) is 8.01. The first-order valence-corrected chi connectivity index (χ1v) is 16.7. The highest BCUT2D eigenvalue weighted by atomic mass is 35.5. The van der Waals surface area contributed by atoms with E-state index in [0.717, 1.165) is 73.6 Å². The van der Waals surface area contributed by atoms with Crippen molar-refractivity contribution in [2.75, 3.05) is 26.0 Å². The van der Waals surface area contributed by atoms with Crippen molar-refractivity contribution in [3.8, 4) is 5.88 Å².